The van der Waals surface area contributed by atoms with Gasteiger partial charge in [0.15, 0.2) is 11.6 Å². The number of rotatable bonds is 7. The summed E-state index contributed by atoms with van der Waals surface area (Å²) in [7, 11) is -3.76. The van der Waals surface area contributed by atoms with E-state index in [1.165, 1.54) is 0 Å². The molecule has 0 radical (unpaired) electrons. The van der Waals surface area contributed by atoms with Gasteiger partial charge in [0.05, 0.1) is 13.2 Å². The summed E-state index contributed by atoms with van der Waals surface area (Å²) in [6, 6.07) is 2.52. The lowest BCUT2D eigenvalue weighted by Crippen LogP contribution is -2.19. The lowest BCUT2D eigenvalue weighted by atomic mass is 10.2. The first-order valence-electron chi connectivity index (χ1n) is 6.32. The van der Waals surface area contributed by atoms with Crippen LogP contribution < -0.4 is 10.5 Å². The van der Waals surface area contributed by atoms with Gasteiger partial charge < -0.3 is 19.5 Å². The van der Waals surface area contributed by atoms with Crippen LogP contribution in [-0.4, -0.2) is 19.6 Å². The minimum atomic E-state index is -5.02. The van der Waals surface area contributed by atoms with Crippen molar-refractivity contribution in [2.45, 2.75) is 26.0 Å². The molecule has 0 spiro atoms. The smallest absolute Gasteiger partial charge is 0.403 e. The predicted molar refractivity (Wildman–Crippen MR) is 70.9 cm³/mol. The van der Waals surface area contributed by atoms with Crippen molar-refractivity contribution >= 4 is 7.60 Å². The summed E-state index contributed by atoms with van der Waals surface area (Å²) in [4.78, 5) is 0. The molecule has 22 heavy (non-hydrogen) atoms. The molecule has 0 aliphatic rings. The second kappa shape index (κ2) is 7.41. The first-order chi connectivity index (χ1) is 10.1. The monoisotopic (exact) mass is 345 g/mol. The third-order valence-electron chi connectivity index (χ3n) is 2.48. The van der Waals surface area contributed by atoms with Crippen LogP contribution in [0.25, 0.3) is 0 Å². The van der Waals surface area contributed by atoms with E-state index in [1.54, 1.807) is 13.8 Å². The summed E-state index contributed by atoms with van der Waals surface area (Å²) in [5.74, 6) is -3.63. The van der Waals surface area contributed by atoms with Crippen LogP contribution in [0.5, 0.6) is 5.75 Å². The van der Waals surface area contributed by atoms with Crippen LogP contribution in [0, 0.1) is 5.82 Å². The van der Waals surface area contributed by atoms with E-state index in [1.807, 2.05) is 0 Å². The van der Waals surface area contributed by atoms with E-state index < -0.39 is 31.3 Å². The molecule has 1 aromatic rings. The van der Waals surface area contributed by atoms with Crippen molar-refractivity contribution in [2.24, 2.45) is 5.73 Å². The fourth-order valence-corrected chi connectivity index (χ4v) is 3.29. The summed E-state index contributed by atoms with van der Waals surface area (Å²) >= 11 is 0. The van der Waals surface area contributed by atoms with Crippen molar-refractivity contribution in [3.05, 3.63) is 29.6 Å². The Morgan fingerprint density at radius 3 is 2.18 bits per heavy atom. The zero-order valence-corrected chi connectivity index (χ0v) is 12.8. The lowest BCUT2D eigenvalue weighted by Gasteiger charge is -2.23. The van der Waals surface area contributed by atoms with Crippen molar-refractivity contribution in [2.75, 3.05) is 13.2 Å². The number of benzene rings is 1. The zero-order chi connectivity index (χ0) is 17.0. The summed E-state index contributed by atoms with van der Waals surface area (Å²) in [6.07, 6.45) is -5.02. The van der Waals surface area contributed by atoms with Gasteiger partial charge in [-0.05, 0) is 31.5 Å². The highest BCUT2D eigenvalue weighted by atomic mass is 31.2. The Balaban J connectivity index is 3.06. The van der Waals surface area contributed by atoms with Crippen molar-refractivity contribution in [1.29, 1.82) is 0 Å². The Morgan fingerprint density at radius 2 is 1.77 bits per heavy atom. The molecule has 0 aliphatic carbocycles. The van der Waals surface area contributed by atoms with Crippen LogP contribution in [-0.2, 0) is 13.6 Å². The molecular weight excluding hydrogens is 329 g/mol. The second-order valence-corrected chi connectivity index (χ2v) is 6.21. The molecule has 0 aliphatic heterocycles. The molecule has 1 aromatic carbocycles. The van der Waals surface area contributed by atoms with Gasteiger partial charge in [-0.25, -0.2) is 4.39 Å². The lowest BCUT2D eigenvalue weighted by molar-refractivity contribution is -0.275. The zero-order valence-electron chi connectivity index (χ0n) is 11.9. The standard InChI is InChI=1S/C12H16F4NO4P/c1-3-19-22(18,20-4-2)11(17)8-5-6-10(9(13)7-8)21-12(14,15)16/h5-7,11H,3-4,17H2,1-2H3/t11-/m0/s1. The first kappa shape index (κ1) is 18.9. The van der Waals surface area contributed by atoms with Gasteiger partial charge in [0, 0.05) is 0 Å². The van der Waals surface area contributed by atoms with Crippen LogP contribution in [0.15, 0.2) is 18.2 Å². The van der Waals surface area contributed by atoms with Gasteiger partial charge in [-0.15, -0.1) is 13.2 Å². The topological polar surface area (TPSA) is 70.8 Å². The largest absolute Gasteiger partial charge is 0.573 e. The third-order valence-corrected chi connectivity index (χ3v) is 4.70. The van der Waals surface area contributed by atoms with Gasteiger partial charge >= 0.3 is 14.0 Å². The highest BCUT2D eigenvalue weighted by Gasteiger charge is 2.36. The van der Waals surface area contributed by atoms with Gasteiger partial charge in [0.2, 0.25) is 0 Å². The molecule has 0 saturated carbocycles. The average Bonchev–Trinajstić information content (AvgIpc) is 2.39. The molecule has 2 N–H and O–H groups in total. The van der Waals surface area contributed by atoms with Crippen molar-refractivity contribution in [3.8, 4) is 5.75 Å². The number of ether oxygens (including phenoxy) is 1. The van der Waals surface area contributed by atoms with E-state index in [-0.39, 0.29) is 18.8 Å². The van der Waals surface area contributed by atoms with E-state index in [0.29, 0.717) is 6.07 Å². The molecule has 126 valence electrons. The number of nitrogens with two attached hydrogens (primary N) is 1. The molecule has 10 heteroatoms. The molecule has 0 unspecified atom stereocenters. The summed E-state index contributed by atoms with van der Waals surface area (Å²) in [6.45, 7) is 3.23. The molecule has 0 amide bonds. The van der Waals surface area contributed by atoms with Gasteiger partial charge in [-0.3, -0.25) is 4.57 Å². The number of alkyl halides is 3. The van der Waals surface area contributed by atoms with Crippen LogP contribution >= 0.6 is 7.60 Å². The molecule has 0 saturated heterocycles. The molecule has 5 nitrogen and oxygen atoms in total. The van der Waals surface area contributed by atoms with Crippen molar-refractivity contribution < 1.29 is 35.9 Å². The van der Waals surface area contributed by atoms with E-state index in [4.69, 9.17) is 14.8 Å². The highest BCUT2D eigenvalue weighted by molar-refractivity contribution is 7.54. The van der Waals surface area contributed by atoms with Crippen LogP contribution in [0.4, 0.5) is 17.6 Å². The van der Waals surface area contributed by atoms with Crippen molar-refractivity contribution in [3.63, 3.8) is 0 Å². The normalized spacial score (nSPS) is 14.0. The molecular formula is C12H16F4NO4P. The fourth-order valence-electron chi connectivity index (χ4n) is 1.65. The summed E-state index contributed by atoms with van der Waals surface area (Å²) in [5, 5.41) is 0. The first-order valence-corrected chi connectivity index (χ1v) is 7.93. The average molecular weight is 345 g/mol. The number of hydrogen-bond acceptors (Lipinski definition) is 5. The Bertz CT molecular complexity index is 542. The van der Waals surface area contributed by atoms with E-state index in [0.717, 1.165) is 12.1 Å². The van der Waals surface area contributed by atoms with E-state index in [9.17, 15) is 22.1 Å². The Hall–Kier alpha value is -1.15. The molecule has 0 bridgehead atoms. The maximum Gasteiger partial charge on any atom is 0.573 e. The molecule has 0 fully saturated rings. The quantitative estimate of drug-likeness (QED) is 0.599. The second-order valence-electron chi connectivity index (χ2n) is 4.06. The highest BCUT2D eigenvalue weighted by Crippen LogP contribution is 2.58. The minimum Gasteiger partial charge on any atom is -0.403 e. The molecule has 1 rings (SSSR count). The minimum absolute atomic E-state index is 0.0303. The summed E-state index contributed by atoms with van der Waals surface area (Å²) < 4.78 is 75.8. The van der Waals surface area contributed by atoms with Crippen molar-refractivity contribution in [1.82, 2.24) is 0 Å². The Kier molecular flexibility index (Phi) is 6.37. The van der Waals surface area contributed by atoms with Gasteiger partial charge in [0.25, 0.3) is 0 Å². The number of halogens is 4. The predicted octanol–water partition coefficient (Wildman–Crippen LogP) is 3.95. The fraction of sp³-hybridized carbons (Fsp3) is 0.500. The molecule has 0 aromatic heterocycles. The molecule has 0 heterocycles. The van der Waals surface area contributed by atoms with E-state index in [2.05, 4.69) is 4.74 Å². The van der Waals surface area contributed by atoms with Gasteiger partial charge in [0.1, 0.15) is 5.78 Å². The van der Waals surface area contributed by atoms with Gasteiger partial charge in [-0.1, -0.05) is 6.07 Å². The van der Waals surface area contributed by atoms with Crippen LogP contribution in [0.2, 0.25) is 0 Å². The van der Waals surface area contributed by atoms with Crippen LogP contribution in [0.1, 0.15) is 25.2 Å². The Morgan fingerprint density at radius 1 is 1.23 bits per heavy atom. The van der Waals surface area contributed by atoms with Gasteiger partial charge in [-0.2, -0.15) is 0 Å². The van der Waals surface area contributed by atoms with E-state index >= 15 is 0 Å². The molecule has 1 atom stereocenters. The maximum absolute atomic E-state index is 13.6. The Labute approximate surface area is 124 Å². The summed E-state index contributed by atoms with van der Waals surface area (Å²) in [5.41, 5.74) is 5.72. The SMILES string of the molecule is CCOP(=O)(OCC)[C@H](N)c1ccc(OC(F)(F)F)c(F)c1. The third kappa shape index (κ3) is 4.95. The van der Waals surface area contributed by atoms with Crippen LogP contribution in [0.3, 0.4) is 0 Å². The maximum atomic E-state index is 13.6. The number of hydrogen-bond donors (Lipinski definition) is 1.